The molecule has 1 aromatic heterocycles. The number of aryl methyl sites for hydroxylation is 1. The molecule has 0 saturated heterocycles. The topological polar surface area (TPSA) is 53.1 Å². The van der Waals surface area contributed by atoms with Crippen molar-refractivity contribution in [3.05, 3.63) is 45.7 Å². The van der Waals surface area contributed by atoms with E-state index in [2.05, 4.69) is 11.9 Å². The first-order valence-electron chi connectivity index (χ1n) is 5.00. The number of aliphatic hydroxyl groups excluding tert-OH is 1. The van der Waals surface area contributed by atoms with Crippen LogP contribution in [-0.4, -0.2) is 10.1 Å². The quantitative estimate of drug-likeness (QED) is 0.778. The molecule has 0 bridgehead atoms. The van der Waals surface area contributed by atoms with Crippen LogP contribution in [0, 0.1) is 0 Å². The van der Waals surface area contributed by atoms with Gasteiger partial charge in [0.25, 0.3) is 0 Å². The Labute approximate surface area is 87.4 Å². The number of H-pyrrole nitrogens is 1. The molecule has 78 valence electrons. The van der Waals surface area contributed by atoms with Crippen LogP contribution in [0.1, 0.15) is 18.1 Å². The summed E-state index contributed by atoms with van der Waals surface area (Å²) in [6.07, 6.45) is 0.944. The highest BCUT2D eigenvalue weighted by atomic mass is 16.3. The fourth-order valence-electron chi connectivity index (χ4n) is 1.72. The molecule has 0 amide bonds. The third-order valence-electron chi connectivity index (χ3n) is 2.57. The standard InChI is InChI=1S/C12H13NO2/c1-2-8-3-4-11-10(5-8)9(7-14)6-12(15)13-11/h3-6,14H,2,7H2,1H3,(H,13,15). The van der Waals surface area contributed by atoms with Crippen molar-refractivity contribution < 1.29 is 5.11 Å². The Morgan fingerprint density at radius 2 is 2.13 bits per heavy atom. The average Bonchev–Trinajstić information content (AvgIpc) is 2.27. The van der Waals surface area contributed by atoms with Gasteiger partial charge in [0.2, 0.25) is 5.56 Å². The molecule has 0 fully saturated rings. The Kier molecular flexibility index (Phi) is 2.56. The molecule has 3 heteroatoms. The van der Waals surface area contributed by atoms with Gasteiger partial charge in [0.15, 0.2) is 0 Å². The number of rotatable bonds is 2. The molecule has 0 atom stereocenters. The zero-order valence-electron chi connectivity index (χ0n) is 8.58. The van der Waals surface area contributed by atoms with Crippen LogP contribution < -0.4 is 5.56 Å². The highest BCUT2D eigenvalue weighted by molar-refractivity contribution is 5.82. The molecular weight excluding hydrogens is 190 g/mol. The van der Waals surface area contributed by atoms with E-state index in [1.807, 2.05) is 18.2 Å². The third kappa shape index (κ3) is 1.78. The fraction of sp³-hybridized carbons (Fsp3) is 0.250. The van der Waals surface area contributed by atoms with Gasteiger partial charge in [-0.2, -0.15) is 0 Å². The van der Waals surface area contributed by atoms with Gasteiger partial charge in [-0.05, 0) is 29.7 Å². The van der Waals surface area contributed by atoms with E-state index in [0.717, 1.165) is 17.3 Å². The normalized spacial score (nSPS) is 10.8. The number of pyridine rings is 1. The summed E-state index contributed by atoms with van der Waals surface area (Å²) < 4.78 is 0. The zero-order valence-corrected chi connectivity index (χ0v) is 8.58. The second-order valence-electron chi connectivity index (χ2n) is 3.55. The van der Waals surface area contributed by atoms with Crippen LogP contribution in [0.25, 0.3) is 10.9 Å². The molecule has 0 spiro atoms. The number of aromatic amines is 1. The predicted octanol–water partition coefficient (Wildman–Crippen LogP) is 1.58. The highest BCUT2D eigenvalue weighted by Crippen LogP contribution is 2.17. The molecule has 0 aliphatic carbocycles. The number of fused-ring (bicyclic) bond motifs is 1. The number of hydrogen-bond donors (Lipinski definition) is 2. The van der Waals surface area contributed by atoms with Gasteiger partial charge in [0.05, 0.1) is 6.61 Å². The molecule has 15 heavy (non-hydrogen) atoms. The van der Waals surface area contributed by atoms with Crippen LogP contribution in [0.5, 0.6) is 0 Å². The van der Waals surface area contributed by atoms with Crippen LogP contribution in [0.3, 0.4) is 0 Å². The first-order valence-corrected chi connectivity index (χ1v) is 5.00. The van der Waals surface area contributed by atoms with Crippen LogP contribution in [-0.2, 0) is 13.0 Å². The highest BCUT2D eigenvalue weighted by Gasteiger charge is 2.02. The van der Waals surface area contributed by atoms with Crippen LogP contribution in [0.4, 0.5) is 0 Å². The molecule has 0 aliphatic rings. The second-order valence-corrected chi connectivity index (χ2v) is 3.55. The van der Waals surface area contributed by atoms with E-state index in [4.69, 9.17) is 0 Å². The fourth-order valence-corrected chi connectivity index (χ4v) is 1.72. The molecular formula is C12H13NO2. The van der Waals surface area contributed by atoms with Crippen molar-refractivity contribution in [1.82, 2.24) is 4.98 Å². The van der Waals surface area contributed by atoms with Crippen LogP contribution in [0.2, 0.25) is 0 Å². The molecule has 1 heterocycles. The Balaban J connectivity index is 2.79. The minimum absolute atomic E-state index is 0.104. The summed E-state index contributed by atoms with van der Waals surface area (Å²) >= 11 is 0. The Bertz CT molecular complexity index is 543. The van der Waals surface area contributed by atoms with Crippen molar-refractivity contribution in [3.8, 4) is 0 Å². The van der Waals surface area contributed by atoms with Crippen LogP contribution >= 0.6 is 0 Å². The lowest BCUT2D eigenvalue weighted by Gasteiger charge is -2.05. The lowest BCUT2D eigenvalue weighted by molar-refractivity contribution is 0.283. The van der Waals surface area contributed by atoms with E-state index in [1.165, 1.54) is 11.6 Å². The number of hydrogen-bond acceptors (Lipinski definition) is 2. The van der Waals surface area contributed by atoms with Crippen molar-refractivity contribution in [3.63, 3.8) is 0 Å². The van der Waals surface area contributed by atoms with Crippen LogP contribution in [0.15, 0.2) is 29.1 Å². The van der Waals surface area contributed by atoms with Crippen molar-refractivity contribution in [2.24, 2.45) is 0 Å². The SMILES string of the molecule is CCc1ccc2[nH]c(=O)cc(CO)c2c1. The maximum Gasteiger partial charge on any atom is 0.248 e. The molecule has 0 aliphatic heterocycles. The molecule has 0 saturated carbocycles. The van der Waals surface area contributed by atoms with E-state index in [-0.39, 0.29) is 12.2 Å². The molecule has 2 N–H and O–H groups in total. The summed E-state index contributed by atoms with van der Waals surface area (Å²) in [4.78, 5) is 14.0. The monoisotopic (exact) mass is 203 g/mol. The molecule has 0 radical (unpaired) electrons. The number of nitrogens with one attached hydrogen (secondary N) is 1. The molecule has 2 aromatic rings. The largest absolute Gasteiger partial charge is 0.392 e. The maximum absolute atomic E-state index is 11.3. The van der Waals surface area contributed by atoms with Gasteiger partial charge in [-0.3, -0.25) is 4.79 Å². The van der Waals surface area contributed by atoms with Crippen molar-refractivity contribution >= 4 is 10.9 Å². The predicted molar refractivity (Wildman–Crippen MR) is 59.9 cm³/mol. The van der Waals surface area contributed by atoms with Crippen molar-refractivity contribution in [2.75, 3.05) is 0 Å². The van der Waals surface area contributed by atoms with Gasteiger partial charge in [0.1, 0.15) is 0 Å². The minimum atomic E-state index is -0.171. The summed E-state index contributed by atoms with van der Waals surface area (Å²) in [5.41, 5.74) is 2.49. The average molecular weight is 203 g/mol. The van der Waals surface area contributed by atoms with Gasteiger partial charge >= 0.3 is 0 Å². The number of benzene rings is 1. The van der Waals surface area contributed by atoms with E-state index in [9.17, 15) is 9.90 Å². The van der Waals surface area contributed by atoms with Crippen molar-refractivity contribution in [1.29, 1.82) is 0 Å². The van der Waals surface area contributed by atoms with Gasteiger partial charge in [-0.25, -0.2) is 0 Å². The first kappa shape index (κ1) is 9.93. The number of aromatic nitrogens is 1. The summed E-state index contributed by atoms with van der Waals surface area (Å²) in [5.74, 6) is 0. The van der Waals surface area contributed by atoms with E-state index in [1.54, 1.807) is 0 Å². The van der Waals surface area contributed by atoms with Gasteiger partial charge in [-0.1, -0.05) is 13.0 Å². The molecule has 1 aromatic carbocycles. The summed E-state index contributed by atoms with van der Waals surface area (Å²) in [7, 11) is 0. The molecule has 2 rings (SSSR count). The zero-order chi connectivity index (χ0) is 10.8. The van der Waals surface area contributed by atoms with Gasteiger partial charge < -0.3 is 10.1 Å². The lowest BCUT2D eigenvalue weighted by Crippen LogP contribution is -2.06. The van der Waals surface area contributed by atoms with E-state index < -0.39 is 0 Å². The minimum Gasteiger partial charge on any atom is -0.392 e. The number of aliphatic hydroxyl groups is 1. The van der Waals surface area contributed by atoms with Crippen molar-refractivity contribution in [2.45, 2.75) is 20.0 Å². The second kappa shape index (κ2) is 3.87. The van der Waals surface area contributed by atoms with E-state index >= 15 is 0 Å². The van der Waals surface area contributed by atoms with Gasteiger partial charge in [-0.15, -0.1) is 0 Å². The van der Waals surface area contributed by atoms with E-state index in [0.29, 0.717) is 5.56 Å². The summed E-state index contributed by atoms with van der Waals surface area (Å²) in [6, 6.07) is 7.33. The Morgan fingerprint density at radius 1 is 1.33 bits per heavy atom. The Hall–Kier alpha value is -1.61. The smallest absolute Gasteiger partial charge is 0.248 e. The molecule has 0 unspecified atom stereocenters. The molecule has 3 nitrogen and oxygen atoms in total. The van der Waals surface area contributed by atoms with Gasteiger partial charge in [0, 0.05) is 17.0 Å². The first-order chi connectivity index (χ1) is 7.24. The third-order valence-corrected chi connectivity index (χ3v) is 2.57. The summed E-state index contributed by atoms with van der Waals surface area (Å²) in [5, 5.41) is 10.1. The Morgan fingerprint density at radius 3 is 2.80 bits per heavy atom. The summed E-state index contributed by atoms with van der Waals surface area (Å²) in [6.45, 7) is 1.97. The maximum atomic E-state index is 11.3. The lowest BCUT2D eigenvalue weighted by atomic mass is 10.1.